The van der Waals surface area contributed by atoms with E-state index in [0.29, 0.717) is 25.1 Å². The van der Waals surface area contributed by atoms with Crippen molar-refractivity contribution < 1.29 is 18.3 Å². The molecule has 1 unspecified atom stereocenters. The fourth-order valence-corrected chi connectivity index (χ4v) is 4.00. The molecule has 1 aliphatic rings. The molecule has 0 bridgehead atoms. The van der Waals surface area contributed by atoms with Crippen molar-refractivity contribution in [3.63, 3.8) is 0 Å². The van der Waals surface area contributed by atoms with E-state index in [0.717, 1.165) is 10.0 Å². The van der Waals surface area contributed by atoms with Crippen LogP contribution in [0.15, 0.2) is 22.7 Å². The molecule has 116 valence electrons. The van der Waals surface area contributed by atoms with E-state index in [4.69, 9.17) is 5.11 Å². The summed E-state index contributed by atoms with van der Waals surface area (Å²) in [6, 6.07) is 5.32. The number of carbonyl (C=O) groups is 1. The van der Waals surface area contributed by atoms with Gasteiger partial charge in [0.1, 0.15) is 0 Å². The second-order valence-electron chi connectivity index (χ2n) is 5.10. The van der Waals surface area contributed by atoms with Gasteiger partial charge in [-0.25, -0.2) is 0 Å². The highest BCUT2D eigenvalue weighted by Crippen LogP contribution is 2.24. The van der Waals surface area contributed by atoms with Gasteiger partial charge in [0.25, 0.3) is 0 Å². The molecule has 8 heteroatoms. The Bertz CT molecular complexity index is 648. The summed E-state index contributed by atoms with van der Waals surface area (Å²) in [5.74, 6) is -1.59. The lowest BCUT2D eigenvalue weighted by Gasteiger charge is -2.30. The largest absolute Gasteiger partial charge is 0.481 e. The Hall–Kier alpha value is -1.12. The van der Waals surface area contributed by atoms with E-state index in [9.17, 15) is 13.2 Å². The topological polar surface area (TPSA) is 86.7 Å². The number of aliphatic carboxylic acids is 1. The Balaban J connectivity index is 2.18. The predicted molar refractivity (Wildman–Crippen MR) is 83.4 cm³/mol. The first-order valence-corrected chi connectivity index (χ1v) is 8.80. The van der Waals surface area contributed by atoms with Crippen molar-refractivity contribution in [3.8, 4) is 0 Å². The number of carboxylic acids is 1. The van der Waals surface area contributed by atoms with Crippen molar-refractivity contribution in [2.45, 2.75) is 19.8 Å². The Morgan fingerprint density at radius 3 is 2.86 bits per heavy atom. The van der Waals surface area contributed by atoms with Gasteiger partial charge in [0.15, 0.2) is 0 Å². The zero-order chi connectivity index (χ0) is 15.6. The summed E-state index contributed by atoms with van der Waals surface area (Å²) in [5.41, 5.74) is 1.29. The quantitative estimate of drug-likeness (QED) is 0.843. The molecule has 1 aromatic rings. The summed E-state index contributed by atoms with van der Waals surface area (Å²) < 4.78 is 29.3. The molecule has 0 aromatic heterocycles. The maximum Gasteiger partial charge on any atom is 0.307 e. The molecule has 2 rings (SSSR count). The minimum atomic E-state index is -3.74. The van der Waals surface area contributed by atoms with Crippen LogP contribution < -0.4 is 4.72 Å². The molecular formula is C13H17BrN2O4S. The van der Waals surface area contributed by atoms with E-state index in [-0.39, 0.29) is 6.54 Å². The van der Waals surface area contributed by atoms with E-state index in [1.165, 1.54) is 4.31 Å². The summed E-state index contributed by atoms with van der Waals surface area (Å²) in [7, 11) is -3.74. The third-order valence-electron chi connectivity index (χ3n) is 3.51. The van der Waals surface area contributed by atoms with Gasteiger partial charge in [0, 0.05) is 17.6 Å². The fraction of sp³-hybridized carbons (Fsp3) is 0.462. The van der Waals surface area contributed by atoms with E-state index in [1.807, 2.05) is 6.07 Å². The van der Waals surface area contributed by atoms with Crippen molar-refractivity contribution in [1.29, 1.82) is 0 Å². The average molecular weight is 377 g/mol. The zero-order valence-corrected chi connectivity index (χ0v) is 13.9. The van der Waals surface area contributed by atoms with Gasteiger partial charge >= 0.3 is 16.2 Å². The summed E-state index contributed by atoms with van der Waals surface area (Å²) in [5, 5.41) is 9.04. The number of benzene rings is 1. The van der Waals surface area contributed by atoms with Gasteiger partial charge in [-0.2, -0.15) is 12.7 Å². The summed E-state index contributed by atoms with van der Waals surface area (Å²) in [6.07, 6.45) is 1.06. The number of hydrogen-bond donors (Lipinski definition) is 2. The summed E-state index contributed by atoms with van der Waals surface area (Å²) in [4.78, 5) is 11.0. The molecule has 0 radical (unpaired) electrons. The van der Waals surface area contributed by atoms with E-state index < -0.39 is 22.1 Å². The molecule has 1 atom stereocenters. The SMILES string of the molecule is Cc1ccc(Br)cc1NS(=O)(=O)N1CCCC(C(=O)O)C1. The Morgan fingerprint density at radius 1 is 1.48 bits per heavy atom. The van der Waals surface area contributed by atoms with Crippen molar-refractivity contribution >= 4 is 37.8 Å². The first-order valence-electron chi connectivity index (χ1n) is 6.56. The number of nitrogens with zero attached hydrogens (tertiary/aromatic N) is 1. The van der Waals surface area contributed by atoms with Crippen LogP contribution in [0.5, 0.6) is 0 Å². The van der Waals surface area contributed by atoms with Gasteiger partial charge < -0.3 is 5.11 Å². The lowest BCUT2D eigenvalue weighted by molar-refractivity contribution is -0.142. The number of halogens is 1. The van der Waals surface area contributed by atoms with Gasteiger partial charge in [-0.1, -0.05) is 22.0 Å². The van der Waals surface area contributed by atoms with Gasteiger partial charge in [-0.15, -0.1) is 0 Å². The van der Waals surface area contributed by atoms with Crippen LogP contribution in [0.3, 0.4) is 0 Å². The molecule has 1 aromatic carbocycles. The molecule has 1 aliphatic heterocycles. The van der Waals surface area contributed by atoms with Crippen LogP contribution in [-0.4, -0.2) is 36.9 Å². The fourth-order valence-electron chi connectivity index (χ4n) is 2.27. The first kappa shape index (κ1) is 16.3. The second-order valence-corrected chi connectivity index (χ2v) is 7.69. The van der Waals surface area contributed by atoms with E-state index in [2.05, 4.69) is 20.7 Å². The van der Waals surface area contributed by atoms with Crippen molar-refractivity contribution in [1.82, 2.24) is 4.31 Å². The van der Waals surface area contributed by atoms with E-state index >= 15 is 0 Å². The zero-order valence-electron chi connectivity index (χ0n) is 11.5. The van der Waals surface area contributed by atoms with Crippen LogP contribution in [0, 0.1) is 12.8 Å². The number of anilines is 1. The molecule has 0 aliphatic carbocycles. The number of hydrogen-bond acceptors (Lipinski definition) is 3. The van der Waals surface area contributed by atoms with E-state index in [1.54, 1.807) is 19.1 Å². The molecule has 2 N–H and O–H groups in total. The lowest BCUT2D eigenvalue weighted by Crippen LogP contribution is -2.44. The van der Waals surface area contributed by atoms with Crippen LogP contribution in [0.25, 0.3) is 0 Å². The minimum absolute atomic E-state index is 0.0116. The minimum Gasteiger partial charge on any atom is -0.481 e. The molecule has 1 saturated heterocycles. The summed E-state index contributed by atoms with van der Waals surface area (Å²) in [6.45, 7) is 2.16. The van der Waals surface area contributed by atoms with Gasteiger partial charge in [0.05, 0.1) is 11.6 Å². The Labute approximate surface area is 132 Å². The standard InChI is InChI=1S/C13H17BrN2O4S/c1-9-4-5-11(14)7-12(9)15-21(19,20)16-6-2-3-10(8-16)13(17)18/h4-5,7,10,15H,2-3,6,8H2,1H3,(H,17,18). The maximum atomic E-state index is 12.4. The highest BCUT2D eigenvalue weighted by atomic mass is 79.9. The lowest BCUT2D eigenvalue weighted by atomic mass is 10.0. The van der Waals surface area contributed by atoms with Gasteiger partial charge in [-0.05, 0) is 37.5 Å². The van der Waals surface area contributed by atoms with Crippen molar-refractivity contribution in [2.75, 3.05) is 17.8 Å². The van der Waals surface area contributed by atoms with Gasteiger partial charge in [0.2, 0.25) is 0 Å². The number of aryl methyl sites for hydroxylation is 1. The van der Waals surface area contributed by atoms with Crippen LogP contribution in [0.4, 0.5) is 5.69 Å². The molecular weight excluding hydrogens is 360 g/mol. The van der Waals surface area contributed by atoms with Crippen molar-refractivity contribution in [2.24, 2.45) is 5.92 Å². The molecule has 0 saturated carbocycles. The smallest absolute Gasteiger partial charge is 0.307 e. The second kappa shape index (κ2) is 6.33. The number of piperidine rings is 1. The van der Waals surface area contributed by atoms with Crippen molar-refractivity contribution in [3.05, 3.63) is 28.2 Å². The monoisotopic (exact) mass is 376 g/mol. The molecule has 21 heavy (non-hydrogen) atoms. The van der Waals surface area contributed by atoms with Gasteiger partial charge in [-0.3, -0.25) is 9.52 Å². The van der Waals surface area contributed by atoms with Crippen LogP contribution in [0.1, 0.15) is 18.4 Å². The number of rotatable bonds is 4. The van der Waals surface area contributed by atoms with Crippen LogP contribution >= 0.6 is 15.9 Å². The normalized spacial score (nSPS) is 20.2. The maximum absolute atomic E-state index is 12.4. The third-order valence-corrected chi connectivity index (χ3v) is 5.49. The molecule has 1 heterocycles. The molecule has 0 spiro atoms. The molecule has 0 amide bonds. The molecule has 1 fully saturated rings. The Morgan fingerprint density at radius 2 is 2.19 bits per heavy atom. The number of carboxylic acid groups (broad SMARTS) is 1. The Kier molecular flexibility index (Phi) is 4.90. The summed E-state index contributed by atoms with van der Waals surface area (Å²) >= 11 is 3.30. The first-order chi connectivity index (χ1) is 9.79. The molecule has 6 nitrogen and oxygen atoms in total. The van der Waals surface area contributed by atoms with Crippen LogP contribution in [-0.2, 0) is 15.0 Å². The third kappa shape index (κ3) is 3.96. The number of nitrogens with one attached hydrogen (secondary N) is 1. The van der Waals surface area contributed by atoms with Crippen LogP contribution in [0.2, 0.25) is 0 Å². The highest BCUT2D eigenvalue weighted by molar-refractivity contribution is 9.10. The average Bonchev–Trinajstić information content (AvgIpc) is 2.43. The highest BCUT2D eigenvalue weighted by Gasteiger charge is 2.32. The predicted octanol–water partition coefficient (Wildman–Crippen LogP) is 2.21.